The number of aromatic nitrogens is 4. The lowest BCUT2D eigenvalue weighted by atomic mass is 9.90. The Hall–Kier alpha value is -2.92. The van der Waals surface area contributed by atoms with Gasteiger partial charge in [0.25, 0.3) is 0 Å². The molecule has 0 radical (unpaired) electrons. The minimum atomic E-state index is -0.912. The van der Waals surface area contributed by atoms with Crippen molar-refractivity contribution in [3.05, 3.63) is 42.9 Å². The second-order valence-corrected chi connectivity index (χ2v) is 8.36. The SMILES string of the molecule is CC(Sc1ncnc2c1cnn2-c1ccccc1)C(=O)NC(C)(C#N)C(C)C. The number of hydrogen-bond acceptors (Lipinski definition) is 6. The second kappa shape index (κ2) is 7.98. The van der Waals surface area contributed by atoms with Gasteiger partial charge in [0.15, 0.2) is 5.65 Å². The molecule has 0 aliphatic carbocycles. The summed E-state index contributed by atoms with van der Waals surface area (Å²) in [6.45, 7) is 7.36. The van der Waals surface area contributed by atoms with Crippen molar-refractivity contribution >= 4 is 28.7 Å². The van der Waals surface area contributed by atoms with Gasteiger partial charge in [0.05, 0.1) is 28.6 Å². The Kier molecular flexibility index (Phi) is 5.66. The minimum absolute atomic E-state index is 0.00601. The fourth-order valence-corrected chi connectivity index (χ4v) is 3.43. The summed E-state index contributed by atoms with van der Waals surface area (Å²) >= 11 is 1.33. The zero-order valence-corrected chi connectivity index (χ0v) is 17.1. The van der Waals surface area contributed by atoms with Crippen molar-refractivity contribution in [2.24, 2.45) is 5.92 Å². The van der Waals surface area contributed by atoms with Crippen LogP contribution in [-0.4, -0.2) is 36.4 Å². The van der Waals surface area contributed by atoms with E-state index >= 15 is 0 Å². The van der Waals surface area contributed by atoms with Crippen molar-refractivity contribution in [1.29, 1.82) is 5.26 Å². The maximum absolute atomic E-state index is 12.6. The van der Waals surface area contributed by atoms with Gasteiger partial charge in [-0.3, -0.25) is 4.79 Å². The number of carbonyl (C=O) groups is 1. The lowest BCUT2D eigenvalue weighted by molar-refractivity contribution is -0.121. The van der Waals surface area contributed by atoms with E-state index in [1.54, 1.807) is 24.7 Å². The van der Waals surface area contributed by atoms with E-state index in [1.807, 2.05) is 44.2 Å². The first-order valence-corrected chi connectivity index (χ1v) is 9.87. The Balaban J connectivity index is 1.84. The van der Waals surface area contributed by atoms with E-state index < -0.39 is 10.8 Å². The summed E-state index contributed by atoms with van der Waals surface area (Å²) in [5, 5.41) is 17.7. The number of nitrogens with one attached hydrogen (secondary N) is 1. The van der Waals surface area contributed by atoms with Crippen LogP contribution in [0, 0.1) is 17.2 Å². The second-order valence-electron chi connectivity index (χ2n) is 7.03. The van der Waals surface area contributed by atoms with Gasteiger partial charge >= 0.3 is 0 Å². The zero-order chi connectivity index (χ0) is 20.3. The van der Waals surface area contributed by atoms with Gasteiger partial charge in [0.2, 0.25) is 5.91 Å². The summed E-state index contributed by atoms with van der Waals surface area (Å²) in [4.78, 5) is 21.3. The summed E-state index contributed by atoms with van der Waals surface area (Å²) in [5.74, 6) is -0.210. The van der Waals surface area contributed by atoms with E-state index in [0.717, 1.165) is 11.1 Å². The molecule has 1 amide bonds. The molecule has 28 heavy (non-hydrogen) atoms. The molecule has 0 bridgehead atoms. The fraction of sp³-hybridized carbons (Fsp3) is 0.350. The molecule has 7 nitrogen and oxygen atoms in total. The van der Waals surface area contributed by atoms with Crippen molar-refractivity contribution in [2.45, 2.75) is 43.5 Å². The molecule has 0 saturated carbocycles. The van der Waals surface area contributed by atoms with Gasteiger partial charge in [-0.25, -0.2) is 14.6 Å². The summed E-state index contributed by atoms with van der Waals surface area (Å²) < 4.78 is 1.75. The third kappa shape index (κ3) is 3.85. The van der Waals surface area contributed by atoms with Crippen molar-refractivity contribution in [2.75, 3.05) is 0 Å². The number of para-hydroxylation sites is 1. The first kappa shape index (κ1) is 19.8. The van der Waals surface area contributed by atoms with Crippen LogP contribution in [-0.2, 0) is 4.79 Å². The number of carbonyl (C=O) groups excluding carboxylic acids is 1. The molecule has 0 fully saturated rings. The van der Waals surface area contributed by atoms with E-state index in [-0.39, 0.29) is 11.8 Å². The summed E-state index contributed by atoms with van der Waals surface area (Å²) in [5.41, 5.74) is 0.672. The molecule has 2 heterocycles. The van der Waals surface area contributed by atoms with Crippen molar-refractivity contribution in [3.8, 4) is 11.8 Å². The largest absolute Gasteiger partial charge is 0.337 e. The number of hydrogen-bond donors (Lipinski definition) is 1. The van der Waals surface area contributed by atoms with Crippen LogP contribution in [0.4, 0.5) is 0 Å². The number of amides is 1. The first-order valence-electron chi connectivity index (χ1n) is 9.00. The summed E-state index contributed by atoms with van der Waals surface area (Å²) in [6, 6.07) is 11.9. The number of fused-ring (bicyclic) bond motifs is 1. The summed E-state index contributed by atoms with van der Waals surface area (Å²) in [6.07, 6.45) is 3.19. The standard InChI is InChI=1S/C20H22N6OS/c1-13(2)20(4,11-21)25-18(27)14(3)28-19-16-10-24-26(17(16)22-12-23-19)15-8-6-5-7-9-15/h5-10,12-14H,1-4H3,(H,25,27). The predicted octanol–water partition coefficient (Wildman–Crippen LogP) is 3.35. The molecule has 0 spiro atoms. The minimum Gasteiger partial charge on any atom is -0.337 e. The van der Waals surface area contributed by atoms with Crippen molar-refractivity contribution < 1.29 is 4.79 Å². The smallest absolute Gasteiger partial charge is 0.234 e. The number of nitrogens with zero attached hydrogens (tertiary/aromatic N) is 5. The zero-order valence-electron chi connectivity index (χ0n) is 16.2. The van der Waals surface area contributed by atoms with E-state index in [0.29, 0.717) is 10.7 Å². The van der Waals surface area contributed by atoms with Crippen LogP contribution in [0.2, 0.25) is 0 Å². The van der Waals surface area contributed by atoms with Crippen LogP contribution in [0.25, 0.3) is 16.7 Å². The van der Waals surface area contributed by atoms with Crippen LogP contribution in [0.3, 0.4) is 0 Å². The highest BCUT2D eigenvalue weighted by Crippen LogP contribution is 2.29. The lowest BCUT2D eigenvalue weighted by Gasteiger charge is -2.28. The van der Waals surface area contributed by atoms with Gasteiger partial charge in [-0.15, -0.1) is 0 Å². The Morgan fingerprint density at radius 1 is 1.25 bits per heavy atom. The monoisotopic (exact) mass is 394 g/mol. The Bertz CT molecular complexity index is 1030. The van der Waals surface area contributed by atoms with Gasteiger partial charge in [-0.1, -0.05) is 43.8 Å². The molecule has 0 saturated heterocycles. The highest BCUT2D eigenvalue weighted by molar-refractivity contribution is 8.00. The molecule has 1 aromatic carbocycles. The maximum Gasteiger partial charge on any atom is 0.234 e. The third-order valence-corrected chi connectivity index (χ3v) is 5.87. The van der Waals surface area contributed by atoms with E-state index in [4.69, 9.17) is 0 Å². The highest BCUT2D eigenvalue weighted by Gasteiger charge is 2.32. The van der Waals surface area contributed by atoms with Crippen LogP contribution >= 0.6 is 11.8 Å². The number of thioether (sulfide) groups is 1. The number of rotatable bonds is 6. The average Bonchev–Trinajstić information content (AvgIpc) is 3.13. The molecular weight excluding hydrogens is 372 g/mol. The molecule has 8 heteroatoms. The van der Waals surface area contributed by atoms with Gasteiger partial charge in [-0.2, -0.15) is 10.4 Å². The molecule has 2 unspecified atom stereocenters. The molecule has 0 aliphatic heterocycles. The summed E-state index contributed by atoms with van der Waals surface area (Å²) in [7, 11) is 0. The Labute approximate surface area is 168 Å². The first-order chi connectivity index (χ1) is 13.4. The van der Waals surface area contributed by atoms with Gasteiger partial charge in [0.1, 0.15) is 16.9 Å². The third-order valence-electron chi connectivity index (χ3n) is 4.76. The van der Waals surface area contributed by atoms with E-state index in [9.17, 15) is 10.1 Å². The molecule has 3 rings (SSSR count). The van der Waals surface area contributed by atoms with Gasteiger partial charge in [0, 0.05) is 0 Å². The molecule has 144 valence electrons. The lowest BCUT2D eigenvalue weighted by Crippen LogP contribution is -2.51. The quantitative estimate of drug-likeness (QED) is 0.509. The Morgan fingerprint density at radius 2 is 1.96 bits per heavy atom. The van der Waals surface area contributed by atoms with Gasteiger partial charge < -0.3 is 5.32 Å². The van der Waals surface area contributed by atoms with Crippen molar-refractivity contribution in [3.63, 3.8) is 0 Å². The van der Waals surface area contributed by atoms with Crippen LogP contribution in [0.5, 0.6) is 0 Å². The normalized spacial score (nSPS) is 14.4. The van der Waals surface area contributed by atoms with Gasteiger partial charge in [-0.05, 0) is 31.9 Å². The maximum atomic E-state index is 12.6. The van der Waals surface area contributed by atoms with Crippen LogP contribution in [0.15, 0.2) is 47.9 Å². The molecule has 1 N–H and O–H groups in total. The van der Waals surface area contributed by atoms with Crippen molar-refractivity contribution in [1.82, 2.24) is 25.1 Å². The predicted molar refractivity (Wildman–Crippen MR) is 109 cm³/mol. The molecule has 0 aliphatic rings. The van der Waals surface area contributed by atoms with E-state index in [2.05, 4.69) is 26.5 Å². The van der Waals surface area contributed by atoms with Crippen LogP contribution in [0.1, 0.15) is 27.7 Å². The average molecular weight is 395 g/mol. The van der Waals surface area contributed by atoms with Crippen LogP contribution < -0.4 is 5.32 Å². The molecule has 3 aromatic rings. The molecule has 2 atom stereocenters. The Morgan fingerprint density at radius 3 is 2.61 bits per heavy atom. The molecular formula is C20H22N6OS. The molecule has 2 aromatic heterocycles. The highest BCUT2D eigenvalue weighted by atomic mass is 32.2. The number of nitriles is 1. The van der Waals surface area contributed by atoms with E-state index in [1.165, 1.54) is 18.1 Å². The fourth-order valence-electron chi connectivity index (χ4n) is 2.55. The topological polar surface area (TPSA) is 96.5 Å². The number of benzene rings is 1.